The molecule has 3 aromatic rings. The van der Waals surface area contributed by atoms with Crippen molar-refractivity contribution in [2.24, 2.45) is 0 Å². The number of carbonyl (C=O) groups is 1. The van der Waals surface area contributed by atoms with Gasteiger partial charge in [-0.2, -0.15) is 5.26 Å². The highest BCUT2D eigenvalue weighted by molar-refractivity contribution is 5.98. The average molecular weight is 465 g/mol. The molecule has 176 valence electrons. The number of amides is 1. The molecule has 6 nitrogen and oxygen atoms in total. The number of hydrogen-bond donors (Lipinski definition) is 1. The Hall–Kier alpha value is -4.37. The molecule has 2 aromatic carbocycles. The summed E-state index contributed by atoms with van der Waals surface area (Å²) in [4.78, 5) is 19.1. The Morgan fingerprint density at radius 1 is 1.23 bits per heavy atom. The van der Waals surface area contributed by atoms with Gasteiger partial charge in [0.2, 0.25) is 0 Å². The number of rotatable bonds is 7. The number of fused-ring (bicyclic) bond motifs is 1. The van der Waals surface area contributed by atoms with Crippen LogP contribution in [0.1, 0.15) is 18.4 Å². The lowest BCUT2D eigenvalue weighted by Crippen LogP contribution is -2.42. The third-order valence-corrected chi connectivity index (χ3v) is 6.15. The standard InChI is InChI=1S/C29H28N4O2/c1-3-5-22(11-15-35-2)29(34)33-13-9-26(10-14-33)32-28-18-25(17-24-8-12-31-20-27(24)28)23-7-4-6-21(16-23)19-30/h3-8,11-12,15-18,20,26,32H,1,9-10,13-14H2,2H3/b15-11+,22-5+. The molecular weight excluding hydrogens is 436 g/mol. The molecule has 1 fully saturated rings. The van der Waals surface area contributed by atoms with Crippen LogP contribution in [-0.4, -0.2) is 42.0 Å². The topological polar surface area (TPSA) is 78.2 Å². The number of allylic oxidation sites excluding steroid dienone is 2. The van der Waals surface area contributed by atoms with Crippen LogP contribution in [-0.2, 0) is 9.53 Å². The van der Waals surface area contributed by atoms with Crippen molar-refractivity contribution in [1.82, 2.24) is 9.88 Å². The van der Waals surface area contributed by atoms with Crippen LogP contribution in [0.2, 0.25) is 0 Å². The molecule has 0 saturated carbocycles. The van der Waals surface area contributed by atoms with Gasteiger partial charge in [-0.05, 0) is 71.8 Å². The SMILES string of the molecule is C=C/C=C(\C=C\OC)C(=O)N1CCC(Nc2cc(-c3cccc(C#N)c3)cc3ccncc23)CC1. The second-order valence-electron chi connectivity index (χ2n) is 8.42. The van der Waals surface area contributed by atoms with Gasteiger partial charge in [-0.25, -0.2) is 0 Å². The van der Waals surface area contributed by atoms with Gasteiger partial charge in [0.15, 0.2) is 0 Å². The summed E-state index contributed by atoms with van der Waals surface area (Å²) in [5.74, 6) is -0.0225. The van der Waals surface area contributed by atoms with E-state index in [0.717, 1.165) is 40.4 Å². The molecule has 0 atom stereocenters. The number of nitriles is 1. The number of benzene rings is 2. The first kappa shape index (κ1) is 23.8. The second kappa shape index (κ2) is 11.2. The van der Waals surface area contributed by atoms with E-state index in [4.69, 9.17) is 4.74 Å². The molecule has 2 heterocycles. The van der Waals surface area contributed by atoms with E-state index in [-0.39, 0.29) is 11.9 Å². The fourth-order valence-corrected chi connectivity index (χ4v) is 4.35. The molecule has 0 radical (unpaired) electrons. The lowest BCUT2D eigenvalue weighted by molar-refractivity contribution is -0.127. The lowest BCUT2D eigenvalue weighted by Gasteiger charge is -2.33. The van der Waals surface area contributed by atoms with Gasteiger partial charge in [0, 0.05) is 48.2 Å². The molecule has 1 amide bonds. The van der Waals surface area contributed by atoms with Crippen molar-refractivity contribution in [3.63, 3.8) is 0 Å². The Morgan fingerprint density at radius 3 is 2.80 bits per heavy atom. The summed E-state index contributed by atoms with van der Waals surface area (Å²) in [6.45, 7) is 5.02. The third kappa shape index (κ3) is 5.59. The molecular formula is C29H28N4O2. The Labute approximate surface area is 205 Å². The summed E-state index contributed by atoms with van der Waals surface area (Å²) in [5.41, 5.74) is 4.23. The Bertz CT molecular complexity index is 1330. The van der Waals surface area contributed by atoms with E-state index in [0.29, 0.717) is 24.2 Å². The highest BCUT2D eigenvalue weighted by atomic mass is 16.5. The number of ether oxygens (including phenoxy) is 1. The number of aromatic nitrogens is 1. The van der Waals surface area contributed by atoms with E-state index in [1.54, 1.807) is 31.5 Å². The van der Waals surface area contributed by atoms with Crippen LogP contribution in [0.3, 0.4) is 0 Å². The van der Waals surface area contributed by atoms with Gasteiger partial charge < -0.3 is 15.0 Å². The van der Waals surface area contributed by atoms with Gasteiger partial charge in [0.1, 0.15) is 0 Å². The van der Waals surface area contributed by atoms with Crippen molar-refractivity contribution in [2.75, 3.05) is 25.5 Å². The molecule has 0 aliphatic carbocycles. The number of pyridine rings is 1. The summed E-state index contributed by atoms with van der Waals surface area (Å²) in [6, 6.07) is 16.3. The van der Waals surface area contributed by atoms with Crippen LogP contribution in [0.25, 0.3) is 21.9 Å². The molecule has 6 heteroatoms. The normalized spacial score (nSPS) is 14.6. The van der Waals surface area contributed by atoms with Crippen molar-refractivity contribution in [3.05, 3.63) is 97.1 Å². The fourth-order valence-electron chi connectivity index (χ4n) is 4.35. The number of piperidine rings is 1. The zero-order valence-electron chi connectivity index (χ0n) is 19.8. The number of likely N-dealkylation sites (tertiary alicyclic amines) is 1. The van der Waals surface area contributed by atoms with Crippen LogP contribution in [0.4, 0.5) is 5.69 Å². The highest BCUT2D eigenvalue weighted by Gasteiger charge is 2.24. The molecule has 1 aliphatic heterocycles. The summed E-state index contributed by atoms with van der Waals surface area (Å²) in [6.07, 6.45) is 11.8. The van der Waals surface area contributed by atoms with E-state index in [9.17, 15) is 10.1 Å². The van der Waals surface area contributed by atoms with Gasteiger partial charge in [-0.15, -0.1) is 0 Å². The van der Waals surface area contributed by atoms with Gasteiger partial charge in [-0.3, -0.25) is 9.78 Å². The molecule has 1 aromatic heterocycles. The predicted octanol–water partition coefficient (Wildman–Crippen LogP) is 5.45. The van der Waals surface area contributed by atoms with Crippen LogP contribution >= 0.6 is 0 Å². The van der Waals surface area contributed by atoms with Crippen LogP contribution < -0.4 is 5.32 Å². The number of nitrogens with zero attached hydrogens (tertiary/aromatic N) is 3. The van der Waals surface area contributed by atoms with Gasteiger partial charge in [-0.1, -0.05) is 24.8 Å². The van der Waals surface area contributed by atoms with Crippen molar-refractivity contribution >= 4 is 22.4 Å². The van der Waals surface area contributed by atoms with Crippen LogP contribution in [0, 0.1) is 11.3 Å². The largest absolute Gasteiger partial charge is 0.504 e. The molecule has 1 N–H and O–H groups in total. The van der Waals surface area contributed by atoms with E-state index in [2.05, 4.69) is 35.1 Å². The van der Waals surface area contributed by atoms with Gasteiger partial charge in [0.25, 0.3) is 5.91 Å². The summed E-state index contributed by atoms with van der Waals surface area (Å²) in [7, 11) is 1.55. The van der Waals surface area contributed by atoms with Crippen molar-refractivity contribution < 1.29 is 9.53 Å². The number of methoxy groups -OCH3 is 1. The van der Waals surface area contributed by atoms with Crippen molar-refractivity contribution in [1.29, 1.82) is 5.26 Å². The Morgan fingerprint density at radius 2 is 2.06 bits per heavy atom. The minimum absolute atomic E-state index is 0.0225. The monoisotopic (exact) mass is 464 g/mol. The molecule has 0 spiro atoms. The predicted molar refractivity (Wildman–Crippen MR) is 140 cm³/mol. The third-order valence-electron chi connectivity index (χ3n) is 6.15. The maximum Gasteiger partial charge on any atom is 0.253 e. The van der Waals surface area contributed by atoms with E-state index < -0.39 is 0 Å². The minimum atomic E-state index is -0.0225. The lowest BCUT2D eigenvalue weighted by atomic mass is 9.98. The molecule has 1 aliphatic rings. The van der Waals surface area contributed by atoms with Crippen LogP contribution in [0.5, 0.6) is 0 Å². The highest BCUT2D eigenvalue weighted by Crippen LogP contribution is 2.32. The zero-order valence-corrected chi connectivity index (χ0v) is 19.8. The fraction of sp³-hybridized carbons (Fsp3) is 0.207. The Balaban J connectivity index is 1.53. The van der Waals surface area contributed by atoms with E-state index in [1.165, 1.54) is 6.26 Å². The number of carbonyl (C=O) groups excluding carboxylic acids is 1. The molecule has 35 heavy (non-hydrogen) atoms. The first-order chi connectivity index (χ1) is 17.1. The summed E-state index contributed by atoms with van der Waals surface area (Å²) in [5, 5.41) is 15.1. The number of anilines is 1. The Kier molecular flexibility index (Phi) is 7.59. The number of nitrogens with one attached hydrogen (secondary N) is 1. The van der Waals surface area contributed by atoms with Gasteiger partial charge in [0.05, 0.1) is 25.0 Å². The van der Waals surface area contributed by atoms with E-state index >= 15 is 0 Å². The summed E-state index contributed by atoms with van der Waals surface area (Å²) >= 11 is 0. The van der Waals surface area contributed by atoms with Crippen LogP contribution in [0.15, 0.2) is 91.5 Å². The first-order valence-corrected chi connectivity index (χ1v) is 11.6. The molecule has 4 rings (SSSR count). The maximum atomic E-state index is 12.9. The maximum absolute atomic E-state index is 12.9. The molecule has 1 saturated heterocycles. The quantitative estimate of drug-likeness (QED) is 0.286. The van der Waals surface area contributed by atoms with Crippen molar-refractivity contribution in [2.45, 2.75) is 18.9 Å². The average Bonchev–Trinajstić information content (AvgIpc) is 2.91. The smallest absolute Gasteiger partial charge is 0.253 e. The number of hydrogen-bond acceptors (Lipinski definition) is 5. The molecule has 0 bridgehead atoms. The van der Waals surface area contributed by atoms with Gasteiger partial charge >= 0.3 is 0 Å². The van der Waals surface area contributed by atoms with Crippen molar-refractivity contribution in [3.8, 4) is 17.2 Å². The zero-order chi connectivity index (χ0) is 24.6. The molecule has 0 unspecified atom stereocenters. The second-order valence-corrected chi connectivity index (χ2v) is 8.42. The minimum Gasteiger partial charge on any atom is -0.504 e. The first-order valence-electron chi connectivity index (χ1n) is 11.6. The van der Waals surface area contributed by atoms with E-state index in [1.807, 2.05) is 41.4 Å². The summed E-state index contributed by atoms with van der Waals surface area (Å²) < 4.78 is 4.97.